The van der Waals surface area contributed by atoms with Gasteiger partial charge in [0, 0.05) is 70.0 Å². The van der Waals surface area contributed by atoms with Gasteiger partial charge in [-0.05, 0) is 115 Å². The van der Waals surface area contributed by atoms with Gasteiger partial charge in [0.2, 0.25) is 0 Å². The van der Waals surface area contributed by atoms with Gasteiger partial charge in [-0.15, -0.1) is 90.7 Å². The minimum absolute atomic E-state index is 0.0194. The number of hydrogen-bond donors (Lipinski definition) is 8. The molecule has 8 aromatic heterocycles. The standard InChI is InChI=1S/C20H11F3N2O3S2.C19H9ClF2N2O3S2.2C19H10ClFN2O3S2/c1-8-5-6-9(15(23)14(8)22)10-7-29-18(13(10)20(27)28)25-17(26)19-24-16-11(21)3-2-4-12(16)30-19;20-8-4-5-9(12(22)6-8)10-7-28-17(14(10)19(26)27)24-16(25)18-23-13-3-1-2-11(21)15(13)29-18;20-10-6-4-9(5-7-10)11-8-27-17(14(11)19(25)26)23-16(24)18-22-15-12(21)2-1-3-13(15)28-18;20-10-6-4-9(5-7-10)11-8-27-17(14(11)19(25)26)23-16(24)18-22-13-3-1-2-12(21)15(13)28-18/h2-7H,1H3,(H,25,26)(H,27,28);1-7H,(H,24,25)(H,26,27);2*1-8H,(H,23,24)(H,25,26). The lowest BCUT2D eigenvalue weighted by Crippen LogP contribution is -2.13. The Morgan fingerprint density at radius 1 is 0.339 bits per heavy atom. The van der Waals surface area contributed by atoms with E-state index in [0.717, 1.165) is 96.8 Å². The topological polar surface area (TPSA) is 317 Å². The van der Waals surface area contributed by atoms with Crippen molar-refractivity contribution in [2.75, 3.05) is 21.3 Å². The third-order valence-electron chi connectivity index (χ3n) is 16.3. The van der Waals surface area contributed by atoms with E-state index in [-0.39, 0.29) is 116 Å². The zero-order chi connectivity index (χ0) is 82.0. The van der Waals surface area contributed by atoms with Crippen LogP contribution in [0.2, 0.25) is 15.1 Å². The lowest BCUT2D eigenvalue weighted by Gasteiger charge is -2.07. The Morgan fingerprint density at radius 2 is 0.670 bits per heavy atom. The predicted molar refractivity (Wildman–Crippen MR) is 437 cm³/mol. The highest BCUT2D eigenvalue weighted by Crippen LogP contribution is 2.43. The van der Waals surface area contributed by atoms with Crippen molar-refractivity contribution in [1.82, 2.24) is 19.9 Å². The molecule has 8 N–H and O–H groups in total. The maximum absolute atomic E-state index is 14.4. The minimum atomic E-state index is -1.42. The number of anilines is 4. The molecular weight excluding hydrogens is 1720 g/mol. The van der Waals surface area contributed by atoms with Gasteiger partial charge in [0.1, 0.15) is 82.4 Å². The van der Waals surface area contributed by atoms with Crippen LogP contribution in [0.3, 0.4) is 0 Å². The number of carbonyl (C=O) groups excluding carboxylic acids is 4. The van der Waals surface area contributed by atoms with Crippen LogP contribution in [0.5, 0.6) is 0 Å². The van der Waals surface area contributed by atoms with Gasteiger partial charge in [-0.25, -0.2) is 69.8 Å². The number of thiophene rings is 4. The molecule has 20 nitrogen and oxygen atoms in total. The van der Waals surface area contributed by atoms with Crippen LogP contribution in [0.25, 0.3) is 85.4 Å². The zero-order valence-corrected chi connectivity index (χ0v) is 65.9. The average Bonchev–Trinajstić information content (AvgIpc) is 1.67. The molecule has 0 saturated heterocycles. The van der Waals surface area contributed by atoms with Crippen molar-refractivity contribution in [3.8, 4) is 44.5 Å². The molecule has 4 amide bonds. The number of aromatic nitrogens is 4. The highest BCUT2D eigenvalue weighted by atomic mass is 35.5. The SMILES string of the molecule is Cc1ccc(-c2csc(NC(=O)c3nc4c(F)cccc4s3)c2C(=O)O)c(F)c1F.O=C(Nc1scc(-c2ccc(Cl)cc2)c1C(=O)O)c1nc2c(F)cccc2s1.O=C(Nc1scc(-c2ccc(Cl)cc2)c1C(=O)O)c1nc2cccc(F)c2s1.O=C(Nc1scc(-c2ccc(Cl)cc2F)c1C(=O)O)c1nc2cccc(F)c2s1. The number of para-hydroxylation sites is 2. The lowest BCUT2D eigenvalue weighted by molar-refractivity contribution is 0.0688. The van der Waals surface area contributed by atoms with E-state index in [0.29, 0.717) is 52.7 Å². The molecule has 115 heavy (non-hydrogen) atoms. The molecule has 0 bridgehead atoms. The largest absolute Gasteiger partial charge is 0.478 e. The van der Waals surface area contributed by atoms with Gasteiger partial charge >= 0.3 is 23.9 Å². The molecule has 8 aromatic carbocycles. The number of nitrogens with zero attached hydrogens (tertiary/aromatic N) is 4. The maximum Gasteiger partial charge on any atom is 0.339 e. The number of fused-ring (bicyclic) bond motifs is 4. The number of aryl methyl sites for hydroxylation is 1. The summed E-state index contributed by atoms with van der Waals surface area (Å²) in [6, 6.07) is 37.5. The van der Waals surface area contributed by atoms with Gasteiger partial charge < -0.3 is 41.7 Å². The number of aromatic carboxylic acids is 4. The van der Waals surface area contributed by atoms with Crippen molar-refractivity contribution in [3.63, 3.8) is 0 Å². The van der Waals surface area contributed by atoms with Crippen molar-refractivity contribution in [1.29, 1.82) is 0 Å². The Kier molecular flexibility index (Phi) is 24.4. The maximum atomic E-state index is 14.4. The summed E-state index contributed by atoms with van der Waals surface area (Å²) >= 11 is 25.2. The zero-order valence-electron chi connectivity index (χ0n) is 57.1. The van der Waals surface area contributed by atoms with Crippen LogP contribution >= 0.6 is 125 Å². The number of amides is 4. The summed E-state index contributed by atoms with van der Waals surface area (Å²) in [6.45, 7) is 1.39. The third-order valence-corrected chi connectivity index (χ3v) is 24.8. The van der Waals surface area contributed by atoms with Crippen LogP contribution in [-0.4, -0.2) is 87.9 Å². The van der Waals surface area contributed by atoms with Crippen LogP contribution in [0.15, 0.2) is 173 Å². The minimum Gasteiger partial charge on any atom is -0.478 e. The van der Waals surface area contributed by atoms with Crippen LogP contribution in [0.4, 0.5) is 50.7 Å². The first-order valence-corrected chi connectivity index (χ1v) is 40.2. The molecular formula is C77H40Cl3F7N8O12S8. The molecule has 578 valence electrons. The molecule has 38 heteroatoms. The molecule has 0 atom stereocenters. The van der Waals surface area contributed by atoms with Crippen LogP contribution in [-0.2, 0) is 0 Å². The Balaban J connectivity index is 0.000000134. The van der Waals surface area contributed by atoms with Gasteiger partial charge in [-0.1, -0.05) is 95.5 Å². The number of benzene rings is 8. The number of halogens is 10. The second-order valence-electron chi connectivity index (χ2n) is 23.6. The van der Waals surface area contributed by atoms with Crippen LogP contribution in [0.1, 0.15) is 86.2 Å². The third kappa shape index (κ3) is 17.5. The van der Waals surface area contributed by atoms with E-state index in [1.807, 2.05) is 0 Å². The number of carboxylic acids is 4. The first-order valence-electron chi connectivity index (χ1n) is 32.3. The summed E-state index contributed by atoms with van der Waals surface area (Å²) < 4.78 is 99.4. The molecule has 0 saturated carbocycles. The van der Waals surface area contributed by atoms with Crippen molar-refractivity contribution < 1.29 is 89.5 Å². The molecule has 16 rings (SSSR count). The first kappa shape index (κ1) is 81.3. The summed E-state index contributed by atoms with van der Waals surface area (Å²) in [5, 5.41) is 56.3. The Morgan fingerprint density at radius 3 is 1.03 bits per heavy atom. The molecule has 0 aliphatic heterocycles. The fourth-order valence-corrected chi connectivity index (χ4v) is 18.7. The van der Waals surface area contributed by atoms with Gasteiger partial charge in [0.25, 0.3) is 23.6 Å². The Bertz CT molecular complexity index is 6430. The Labute approximate surface area is 687 Å². The Hall–Kier alpha value is -11.7. The number of nitrogens with one attached hydrogen (secondary N) is 4. The molecule has 0 fully saturated rings. The van der Waals surface area contributed by atoms with Gasteiger partial charge in [0.05, 0.1) is 29.8 Å². The molecule has 16 aromatic rings. The van der Waals surface area contributed by atoms with E-state index in [9.17, 15) is 89.5 Å². The predicted octanol–water partition coefficient (Wildman–Crippen LogP) is 23.1. The number of thiazole rings is 4. The van der Waals surface area contributed by atoms with Crippen molar-refractivity contribution in [2.45, 2.75) is 6.92 Å². The van der Waals surface area contributed by atoms with Gasteiger partial charge in [-0.2, -0.15) is 0 Å². The monoisotopic (exact) mass is 1760 g/mol. The average molecular weight is 1770 g/mol. The smallest absolute Gasteiger partial charge is 0.339 e. The number of hydrogen-bond acceptors (Lipinski definition) is 20. The van der Waals surface area contributed by atoms with E-state index in [2.05, 4.69) is 41.2 Å². The highest BCUT2D eigenvalue weighted by Gasteiger charge is 2.30. The quantitative estimate of drug-likeness (QED) is 0.0417. The van der Waals surface area contributed by atoms with E-state index in [1.54, 1.807) is 83.6 Å². The van der Waals surface area contributed by atoms with E-state index >= 15 is 0 Å². The molecule has 8 heterocycles. The first-order chi connectivity index (χ1) is 55.0. The second-order valence-corrected chi connectivity index (χ2v) is 32.5. The van der Waals surface area contributed by atoms with Crippen LogP contribution < -0.4 is 21.3 Å². The molecule has 0 spiro atoms. The fourth-order valence-electron chi connectivity index (χ4n) is 11.0. The van der Waals surface area contributed by atoms with Gasteiger partial charge in [0.15, 0.2) is 31.7 Å². The van der Waals surface area contributed by atoms with Crippen molar-refractivity contribution >= 4 is 234 Å². The lowest BCUT2D eigenvalue weighted by atomic mass is 10.0. The summed E-state index contributed by atoms with van der Waals surface area (Å²) in [5.41, 5.74) is 2.42. The number of rotatable bonds is 16. The summed E-state index contributed by atoms with van der Waals surface area (Å²) in [6.07, 6.45) is 0. The van der Waals surface area contributed by atoms with E-state index in [1.165, 1.54) is 90.5 Å². The number of carbonyl (C=O) groups is 8. The molecule has 0 unspecified atom stereocenters. The van der Waals surface area contributed by atoms with Gasteiger partial charge in [-0.3, -0.25) is 19.2 Å². The molecule has 0 aliphatic carbocycles. The molecule has 0 radical (unpaired) electrons. The van der Waals surface area contributed by atoms with Crippen LogP contribution in [0, 0.1) is 47.6 Å². The van der Waals surface area contributed by atoms with E-state index in [4.69, 9.17) is 34.8 Å². The molecule has 0 aliphatic rings. The normalized spacial score (nSPS) is 11.0. The highest BCUT2D eigenvalue weighted by molar-refractivity contribution is 7.22. The summed E-state index contributed by atoms with van der Waals surface area (Å²) in [5.74, 6) is -12.7. The second kappa shape index (κ2) is 34.5. The summed E-state index contributed by atoms with van der Waals surface area (Å²) in [4.78, 5) is 114. The number of carboxylic acid groups (broad SMARTS) is 4. The fraction of sp³-hybridized carbons (Fsp3) is 0.0130. The summed E-state index contributed by atoms with van der Waals surface area (Å²) in [7, 11) is 0. The van der Waals surface area contributed by atoms with Crippen molar-refractivity contribution in [2.24, 2.45) is 0 Å². The van der Waals surface area contributed by atoms with Crippen molar-refractivity contribution in [3.05, 3.63) is 277 Å². The van der Waals surface area contributed by atoms with E-state index < -0.39 is 88.2 Å².